The summed E-state index contributed by atoms with van der Waals surface area (Å²) in [5.74, 6) is -0.344. The molecule has 0 saturated carbocycles. The largest absolute Gasteiger partial charge is 0.351 e. The summed E-state index contributed by atoms with van der Waals surface area (Å²) in [5, 5.41) is 2.74. The van der Waals surface area contributed by atoms with Crippen LogP contribution < -0.4 is 5.32 Å². The van der Waals surface area contributed by atoms with E-state index in [-0.39, 0.29) is 17.7 Å². The highest BCUT2D eigenvalue weighted by atomic mass is 16.2. The molecule has 0 aliphatic rings. The Morgan fingerprint density at radius 1 is 1.24 bits per heavy atom. The molecule has 114 valence electrons. The summed E-state index contributed by atoms with van der Waals surface area (Å²) in [7, 11) is 0. The topological polar surface area (TPSA) is 49.4 Å². The number of amides is 2. The first-order valence-electron chi connectivity index (χ1n) is 7.20. The molecule has 0 heterocycles. The average molecular weight is 288 g/mol. The average Bonchev–Trinajstić information content (AvgIpc) is 2.49. The Labute approximate surface area is 126 Å². The highest BCUT2D eigenvalue weighted by Crippen LogP contribution is 2.13. The van der Waals surface area contributed by atoms with Gasteiger partial charge in [0.05, 0.1) is 0 Å². The molecule has 4 nitrogen and oxygen atoms in total. The molecule has 0 aromatic heterocycles. The van der Waals surface area contributed by atoms with Crippen LogP contribution in [0.5, 0.6) is 0 Å². The molecule has 0 bridgehead atoms. The first-order valence-corrected chi connectivity index (χ1v) is 7.20. The van der Waals surface area contributed by atoms with Crippen molar-refractivity contribution in [1.82, 2.24) is 10.2 Å². The first-order chi connectivity index (χ1) is 9.97. The third-order valence-electron chi connectivity index (χ3n) is 3.24. The predicted octanol–water partition coefficient (Wildman–Crippen LogP) is 2.36. The van der Waals surface area contributed by atoms with Crippen LogP contribution in [0.2, 0.25) is 0 Å². The monoisotopic (exact) mass is 288 g/mol. The van der Waals surface area contributed by atoms with Crippen molar-refractivity contribution in [2.45, 2.75) is 33.4 Å². The van der Waals surface area contributed by atoms with Crippen LogP contribution in [0, 0.1) is 5.92 Å². The van der Waals surface area contributed by atoms with Crippen LogP contribution in [0.1, 0.15) is 26.3 Å². The molecule has 1 atom stereocenters. The van der Waals surface area contributed by atoms with Crippen LogP contribution >= 0.6 is 0 Å². The number of hydrogen-bond donors (Lipinski definition) is 1. The Bertz CT molecular complexity index is 483. The zero-order chi connectivity index (χ0) is 15.8. The molecule has 1 N–H and O–H groups in total. The fraction of sp³-hybridized carbons (Fsp3) is 0.412. The molecular formula is C17H24N2O2. The molecule has 1 unspecified atom stereocenters. The standard InChI is InChI=1S/C17H24N2O2/c1-5-11-18-16(20)14(4)19(17(21)13(2)3)12-15-9-7-6-8-10-15/h5-10,13-14H,1,11-12H2,2-4H3,(H,18,20). The van der Waals surface area contributed by atoms with E-state index in [2.05, 4.69) is 11.9 Å². The number of benzene rings is 1. The van der Waals surface area contributed by atoms with E-state index in [9.17, 15) is 9.59 Å². The summed E-state index contributed by atoms with van der Waals surface area (Å²) in [6, 6.07) is 9.17. The van der Waals surface area contributed by atoms with Gasteiger partial charge in [-0.15, -0.1) is 6.58 Å². The highest BCUT2D eigenvalue weighted by Gasteiger charge is 2.27. The van der Waals surface area contributed by atoms with Gasteiger partial charge in [0.15, 0.2) is 0 Å². The van der Waals surface area contributed by atoms with Gasteiger partial charge >= 0.3 is 0 Å². The number of rotatable bonds is 7. The van der Waals surface area contributed by atoms with Crippen molar-refractivity contribution in [3.05, 3.63) is 48.6 Å². The van der Waals surface area contributed by atoms with Crippen LogP contribution in [0.15, 0.2) is 43.0 Å². The maximum absolute atomic E-state index is 12.4. The second-order valence-corrected chi connectivity index (χ2v) is 5.32. The third-order valence-corrected chi connectivity index (χ3v) is 3.24. The Hall–Kier alpha value is -2.10. The van der Waals surface area contributed by atoms with Crippen molar-refractivity contribution in [2.24, 2.45) is 5.92 Å². The minimum atomic E-state index is -0.514. The summed E-state index contributed by atoms with van der Waals surface area (Å²) < 4.78 is 0. The van der Waals surface area contributed by atoms with Gasteiger partial charge < -0.3 is 10.2 Å². The Balaban J connectivity index is 2.88. The lowest BCUT2D eigenvalue weighted by atomic mass is 10.1. The lowest BCUT2D eigenvalue weighted by Crippen LogP contribution is -2.48. The molecule has 0 spiro atoms. The Kier molecular flexibility index (Phi) is 6.66. The second-order valence-electron chi connectivity index (χ2n) is 5.32. The molecule has 4 heteroatoms. The zero-order valence-corrected chi connectivity index (χ0v) is 13.0. The quantitative estimate of drug-likeness (QED) is 0.783. The van der Waals surface area contributed by atoms with E-state index < -0.39 is 6.04 Å². The molecule has 1 aromatic rings. The van der Waals surface area contributed by atoms with Gasteiger partial charge in [0, 0.05) is 19.0 Å². The number of nitrogens with zero attached hydrogens (tertiary/aromatic N) is 1. The molecule has 21 heavy (non-hydrogen) atoms. The third kappa shape index (κ3) is 5.06. The van der Waals surface area contributed by atoms with E-state index in [0.29, 0.717) is 13.1 Å². The van der Waals surface area contributed by atoms with Gasteiger partial charge in [0.2, 0.25) is 11.8 Å². The van der Waals surface area contributed by atoms with Crippen LogP contribution in [0.4, 0.5) is 0 Å². The SMILES string of the molecule is C=CCNC(=O)C(C)N(Cc1ccccc1)C(=O)C(C)C. The summed E-state index contributed by atoms with van der Waals surface area (Å²) in [6.45, 7) is 9.84. The maximum atomic E-state index is 12.4. The fourth-order valence-corrected chi connectivity index (χ4v) is 1.98. The second kappa shape index (κ2) is 8.25. The van der Waals surface area contributed by atoms with E-state index in [0.717, 1.165) is 5.56 Å². The summed E-state index contributed by atoms with van der Waals surface area (Å²) in [4.78, 5) is 26.1. The summed E-state index contributed by atoms with van der Waals surface area (Å²) in [5.41, 5.74) is 1.01. The molecule has 1 aromatic carbocycles. The van der Waals surface area contributed by atoms with Crippen LogP contribution in [0.25, 0.3) is 0 Å². The summed E-state index contributed by atoms with van der Waals surface area (Å²) in [6.07, 6.45) is 1.62. The summed E-state index contributed by atoms with van der Waals surface area (Å²) >= 11 is 0. The van der Waals surface area contributed by atoms with Gasteiger partial charge in [0.25, 0.3) is 0 Å². The minimum Gasteiger partial charge on any atom is -0.351 e. The Morgan fingerprint density at radius 2 is 1.86 bits per heavy atom. The van der Waals surface area contributed by atoms with E-state index in [1.165, 1.54) is 0 Å². The Morgan fingerprint density at radius 3 is 2.38 bits per heavy atom. The molecule has 2 amide bonds. The van der Waals surface area contributed by atoms with Gasteiger partial charge in [-0.1, -0.05) is 50.3 Å². The predicted molar refractivity (Wildman–Crippen MR) is 84.5 cm³/mol. The zero-order valence-electron chi connectivity index (χ0n) is 13.0. The van der Waals surface area contributed by atoms with E-state index >= 15 is 0 Å². The van der Waals surface area contributed by atoms with Gasteiger partial charge in [-0.25, -0.2) is 0 Å². The molecule has 0 aliphatic carbocycles. The number of hydrogen-bond acceptors (Lipinski definition) is 2. The lowest BCUT2D eigenvalue weighted by Gasteiger charge is -2.30. The highest BCUT2D eigenvalue weighted by molar-refractivity contribution is 5.88. The molecule has 0 aliphatic heterocycles. The van der Waals surface area contributed by atoms with E-state index in [1.54, 1.807) is 17.9 Å². The molecule has 1 rings (SSSR count). The van der Waals surface area contributed by atoms with Crippen molar-refractivity contribution in [3.8, 4) is 0 Å². The molecule has 0 fully saturated rings. The van der Waals surface area contributed by atoms with E-state index in [4.69, 9.17) is 0 Å². The van der Waals surface area contributed by atoms with Crippen molar-refractivity contribution in [2.75, 3.05) is 6.54 Å². The molecular weight excluding hydrogens is 264 g/mol. The number of carbonyl (C=O) groups is 2. The first kappa shape index (κ1) is 17.0. The van der Waals surface area contributed by atoms with Crippen molar-refractivity contribution in [3.63, 3.8) is 0 Å². The fourth-order valence-electron chi connectivity index (χ4n) is 1.98. The van der Waals surface area contributed by atoms with Gasteiger partial charge in [0.1, 0.15) is 6.04 Å². The number of nitrogens with one attached hydrogen (secondary N) is 1. The van der Waals surface area contributed by atoms with E-state index in [1.807, 2.05) is 44.2 Å². The van der Waals surface area contributed by atoms with Crippen molar-refractivity contribution in [1.29, 1.82) is 0 Å². The van der Waals surface area contributed by atoms with Crippen molar-refractivity contribution >= 4 is 11.8 Å². The number of carbonyl (C=O) groups excluding carboxylic acids is 2. The van der Waals surface area contributed by atoms with Gasteiger partial charge in [-0.2, -0.15) is 0 Å². The van der Waals surface area contributed by atoms with Crippen LogP contribution in [-0.4, -0.2) is 29.3 Å². The smallest absolute Gasteiger partial charge is 0.242 e. The van der Waals surface area contributed by atoms with Crippen LogP contribution in [0.3, 0.4) is 0 Å². The van der Waals surface area contributed by atoms with Crippen LogP contribution in [-0.2, 0) is 16.1 Å². The molecule has 0 radical (unpaired) electrons. The minimum absolute atomic E-state index is 0.0277. The van der Waals surface area contributed by atoms with Gasteiger partial charge in [-0.05, 0) is 12.5 Å². The van der Waals surface area contributed by atoms with Gasteiger partial charge in [-0.3, -0.25) is 9.59 Å². The lowest BCUT2D eigenvalue weighted by molar-refractivity contribution is -0.142. The maximum Gasteiger partial charge on any atom is 0.242 e. The normalized spacial score (nSPS) is 11.8. The molecule has 0 saturated heterocycles. The van der Waals surface area contributed by atoms with Crippen molar-refractivity contribution < 1.29 is 9.59 Å².